The van der Waals surface area contributed by atoms with Crippen LogP contribution >= 0.6 is 0 Å². The topological polar surface area (TPSA) is 56.7 Å². The van der Waals surface area contributed by atoms with Crippen LogP contribution in [0.1, 0.15) is 12.7 Å². The zero-order valence-electron chi connectivity index (χ0n) is 28.9. The maximum atomic E-state index is 7.05. The minimum Gasteiger partial charge on any atom is -0.455 e. The number of rotatable bonds is 6. The van der Waals surface area contributed by atoms with Crippen molar-refractivity contribution >= 4 is 49.6 Å². The molecule has 0 bridgehead atoms. The molecule has 5 heteroatoms. The molecule has 250 valence electrons. The van der Waals surface area contributed by atoms with E-state index < -0.39 is 0 Å². The lowest BCUT2D eigenvalue weighted by Gasteiger charge is -2.14. The molecule has 0 radical (unpaired) electrons. The molecular formula is C48H32N4O. The van der Waals surface area contributed by atoms with Crippen molar-refractivity contribution in [3.8, 4) is 51.0 Å². The van der Waals surface area contributed by atoms with Crippen molar-refractivity contribution in [3.05, 3.63) is 176 Å². The summed E-state index contributed by atoms with van der Waals surface area (Å²) in [4.78, 5) is 15.5. The van der Waals surface area contributed by atoms with E-state index in [4.69, 9.17) is 19.4 Å². The van der Waals surface area contributed by atoms with Crippen molar-refractivity contribution in [3.63, 3.8) is 0 Å². The third-order valence-corrected chi connectivity index (χ3v) is 9.97. The van der Waals surface area contributed by atoms with E-state index in [1.807, 2.05) is 79.7 Å². The van der Waals surface area contributed by atoms with E-state index in [2.05, 4.69) is 108 Å². The molecule has 0 aliphatic rings. The van der Waals surface area contributed by atoms with E-state index in [1.165, 1.54) is 21.5 Å². The van der Waals surface area contributed by atoms with Gasteiger partial charge >= 0.3 is 0 Å². The average molecular weight is 681 g/mol. The summed E-state index contributed by atoms with van der Waals surface area (Å²) >= 11 is 0. The lowest BCUT2D eigenvalue weighted by Crippen LogP contribution is -2.02. The van der Waals surface area contributed by atoms with Gasteiger partial charge in [0.2, 0.25) is 0 Å². The van der Waals surface area contributed by atoms with Crippen molar-refractivity contribution < 1.29 is 4.42 Å². The number of hydrogen-bond acceptors (Lipinski definition) is 4. The molecular weight excluding hydrogens is 649 g/mol. The summed E-state index contributed by atoms with van der Waals surface area (Å²) in [6.07, 6.45) is 4.03. The molecule has 0 aliphatic carbocycles. The van der Waals surface area contributed by atoms with Gasteiger partial charge in [-0.2, -0.15) is 0 Å². The maximum absolute atomic E-state index is 7.05. The number of hydrogen-bond donors (Lipinski definition) is 0. The lowest BCUT2D eigenvalue weighted by atomic mass is 9.97. The number of benzene rings is 7. The highest BCUT2D eigenvalue weighted by Crippen LogP contribution is 2.45. The van der Waals surface area contributed by atoms with Crippen molar-refractivity contribution in [1.29, 1.82) is 0 Å². The molecule has 3 heterocycles. The van der Waals surface area contributed by atoms with Gasteiger partial charge in [0.1, 0.15) is 11.3 Å². The van der Waals surface area contributed by atoms with E-state index in [0.29, 0.717) is 23.2 Å². The molecule has 10 rings (SSSR count). The first-order valence-electron chi connectivity index (χ1n) is 17.8. The molecule has 0 atom stereocenters. The first-order chi connectivity index (χ1) is 26.2. The Kier molecular flexibility index (Phi) is 7.29. The van der Waals surface area contributed by atoms with Crippen molar-refractivity contribution in [2.45, 2.75) is 6.92 Å². The first-order valence-corrected chi connectivity index (χ1v) is 17.8. The number of fused-ring (bicyclic) bond motifs is 5. The Bertz CT molecular complexity index is 2900. The average Bonchev–Trinajstić information content (AvgIpc) is 3.77. The van der Waals surface area contributed by atoms with Crippen molar-refractivity contribution in [2.75, 3.05) is 0 Å². The predicted molar refractivity (Wildman–Crippen MR) is 218 cm³/mol. The second-order valence-corrected chi connectivity index (χ2v) is 13.1. The number of para-hydroxylation sites is 2. The van der Waals surface area contributed by atoms with Gasteiger partial charge in [-0.25, -0.2) is 15.0 Å². The molecule has 0 N–H and O–H groups in total. The molecule has 0 saturated heterocycles. The van der Waals surface area contributed by atoms with E-state index in [9.17, 15) is 0 Å². The fraction of sp³-hybridized carbons (Fsp3) is 0.0208. The predicted octanol–water partition coefficient (Wildman–Crippen LogP) is 12.6. The number of aromatic nitrogens is 4. The van der Waals surface area contributed by atoms with Crippen LogP contribution in [0.2, 0.25) is 0 Å². The zero-order valence-corrected chi connectivity index (χ0v) is 28.9. The molecule has 0 unspecified atom stereocenters. The Balaban J connectivity index is 1.35. The number of allylic oxidation sites excluding steroid dienone is 1. The standard InChI is InChI=1S/C48H32N4O/c1-2-15-42-44(48-50-46(32-17-5-3-6-18-32)49-47(51-48)33-19-7-4-8-20-33)43-41(52-39-24-13-11-22-37(39)38-23-12-14-25-40(38)52)29-28-36(45(43)53-42)35-27-26-31-16-9-10-21-34(31)30-35/h2-30H,1H3/b15-2-. The second kappa shape index (κ2) is 12.6. The third-order valence-electron chi connectivity index (χ3n) is 9.97. The molecule has 0 fully saturated rings. The normalized spacial score (nSPS) is 11.8. The number of furan rings is 1. The highest BCUT2D eigenvalue weighted by Gasteiger charge is 2.26. The molecule has 7 aromatic carbocycles. The quantitative estimate of drug-likeness (QED) is 0.175. The molecule has 0 saturated carbocycles. The minimum absolute atomic E-state index is 0.544. The van der Waals surface area contributed by atoms with Crippen molar-refractivity contribution in [1.82, 2.24) is 19.5 Å². The summed E-state index contributed by atoms with van der Waals surface area (Å²) in [5.41, 5.74) is 8.67. The second-order valence-electron chi connectivity index (χ2n) is 13.1. The Morgan fingerprint density at radius 3 is 1.72 bits per heavy atom. The SMILES string of the molecule is C/C=C\c1oc2c(-c3ccc4ccccc4c3)ccc(-n3c4ccccc4c4ccccc43)c2c1-c1nc(-c2ccccc2)nc(-c2ccccc2)n1. The van der Waals surface area contributed by atoms with Crippen molar-refractivity contribution in [2.24, 2.45) is 0 Å². The van der Waals surface area contributed by atoms with E-state index in [0.717, 1.165) is 55.5 Å². The van der Waals surface area contributed by atoms with Crippen LogP contribution in [0.15, 0.2) is 174 Å². The zero-order chi connectivity index (χ0) is 35.3. The summed E-state index contributed by atoms with van der Waals surface area (Å²) < 4.78 is 9.40. The smallest absolute Gasteiger partial charge is 0.168 e. The van der Waals surface area contributed by atoms with Crippen LogP contribution in [0.4, 0.5) is 0 Å². The van der Waals surface area contributed by atoms with Gasteiger partial charge in [0.15, 0.2) is 17.5 Å². The van der Waals surface area contributed by atoms with Gasteiger partial charge in [-0.1, -0.05) is 140 Å². The molecule has 10 aromatic rings. The van der Waals surface area contributed by atoms with Gasteiger partial charge in [-0.15, -0.1) is 0 Å². The van der Waals surface area contributed by atoms with E-state index in [1.54, 1.807) is 0 Å². The van der Waals surface area contributed by atoms with E-state index in [-0.39, 0.29) is 0 Å². The summed E-state index contributed by atoms with van der Waals surface area (Å²) in [6.45, 7) is 2.01. The summed E-state index contributed by atoms with van der Waals surface area (Å²) in [5.74, 6) is 2.42. The Morgan fingerprint density at radius 2 is 1.08 bits per heavy atom. The van der Waals surface area contributed by atoms with Crippen LogP contribution in [0.5, 0.6) is 0 Å². The first kappa shape index (κ1) is 30.7. The summed E-state index contributed by atoms with van der Waals surface area (Å²) in [5, 5.41) is 5.66. The molecule has 0 amide bonds. The van der Waals surface area contributed by atoms with Gasteiger partial charge in [-0.05, 0) is 59.7 Å². The lowest BCUT2D eigenvalue weighted by molar-refractivity contribution is 0.606. The van der Waals surface area contributed by atoms with Gasteiger partial charge in [0.05, 0.1) is 27.7 Å². The van der Waals surface area contributed by atoms with Gasteiger partial charge < -0.3 is 8.98 Å². The fourth-order valence-electron chi connectivity index (χ4n) is 7.57. The molecule has 5 nitrogen and oxygen atoms in total. The van der Waals surface area contributed by atoms with Gasteiger partial charge in [0.25, 0.3) is 0 Å². The monoisotopic (exact) mass is 680 g/mol. The third kappa shape index (κ3) is 5.13. The van der Waals surface area contributed by atoms with Crippen LogP contribution in [-0.2, 0) is 0 Å². The minimum atomic E-state index is 0.544. The van der Waals surface area contributed by atoms with Crippen LogP contribution in [0.3, 0.4) is 0 Å². The molecule has 0 spiro atoms. The summed E-state index contributed by atoms with van der Waals surface area (Å²) in [7, 11) is 0. The maximum Gasteiger partial charge on any atom is 0.168 e. The molecule has 3 aromatic heterocycles. The fourth-order valence-corrected chi connectivity index (χ4v) is 7.57. The highest BCUT2D eigenvalue weighted by atomic mass is 16.3. The van der Waals surface area contributed by atoms with E-state index >= 15 is 0 Å². The highest BCUT2D eigenvalue weighted by molar-refractivity contribution is 6.14. The van der Waals surface area contributed by atoms with Crippen LogP contribution in [-0.4, -0.2) is 19.5 Å². The van der Waals surface area contributed by atoms with Crippen LogP contribution < -0.4 is 0 Å². The Hall–Kier alpha value is -7.11. The summed E-state index contributed by atoms with van der Waals surface area (Å²) in [6, 6.07) is 56.8. The Morgan fingerprint density at radius 1 is 0.509 bits per heavy atom. The molecule has 53 heavy (non-hydrogen) atoms. The Labute approximate surface area is 306 Å². The van der Waals surface area contributed by atoms with Gasteiger partial charge in [-0.3, -0.25) is 0 Å². The molecule has 0 aliphatic heterocycles. The van der Waals surface area contributed by atoms with Gasteiger partial charge in [0, 0.05) is 27.5 Å². The number of nitrogens with zero attached hydrogens (tertiary/aromatic N) is 4. The largest absolute Gasteiger partial charge is 0.455 e. The van der Waals surface area contributed by atoms with Crippen LogP contribution in [0.25, 0.3) is 101 Å². The van der Waals surface area contributed by atoms with Crippen LogP contribution in [0, 0.1) is 0 Å².